The van der Waals surface area contributed by atoms with E-state index in [9.17, 15) is 0 Å². The molecule has 2 nitrogen and oxygen atoms in total. The van der Waals surface area contributed by atoms with Gasteiger partial charge in [0.2, 0.25) is 0 Å². The molecule has 1 rings (SSSR count). The van der Waals surface area contributed by atoms with Crippen LogP contribution in [0.4, 0.5) is 0 Å². The molecule has 1 unspecified atom stereocenters. The van der Waals surface area contributed by atoms with Gasteiger partial charge in [0.1, 0.15) is 0 Å². The Morgan fingerprint density at radius 1 is 1.54 bits per heavy atom. The number of aromatic nitrogens is 1. The van der Waals surface area contributed by atoms with Crippen molar-refractivity contribution in [3.8, 4) is 0 Å². The molecule has 3 heteroatoms. The summed E-state index contributed by atoms with van der Waals surface area (Å²) in [6.45, 7) is 4.20. The number of pyridine rings is 1. The molecule has 1 atom stereocenters. The Balaban J connectivity index is 2.69. The van der Waals surface area contributed by atoms with E-state index in [1.807, 2.05) is 12.1 Å². The number of halogens is 1. The van der Waals surface area contributed by atoms with Crippen molar-refractivity contribution in [3.63, 3.8) is 0 Å². The number of nitrogens with two attached hydrogens (primary N) is 1. The van der Waals surface area contributed by atoms with Gasteiger partial charge in [-0.25, -0.2) is 0 Å². The first-order valence-corrected chi connectivity index (χ1v) is 4.84. The van der Waals surface area contributed by atoms with E-state index in [0.717, 1.165) is 12.1 Å². The molecule has 13 heavy (non-hydrogen) atoms. The second-order valence-electron chi connectivity index (χ2n) is 3.54. The minimum Gasteiger partial charge on any atom is -0.327 e. The molecule has 0 radical (unpaired) electrons. The first-order chi connectivity index (χ1) is 6.11. The number of nitrogens with zero attached hydrogens (tertiary/aromatic N) is 1. The lowest BCUT2D eigenvalue weighted by Crippen LogP contribution is -2.29. The van der Waals surface area contributed by atoms with Crippen molar-refractivity contribution in [3.05, 3.63) is 29.0 Å². The van der Waals surface area contributed by atoms with Crippen molar-refractivity contribution in [1.82, 2.24) is 4.98 Å². The minimum absolute atomic E-state index is 0.132. The molecule has 0 fully saturated rings. The highest BCUT2D eigenvalue weighted by molar-refractivity contribution is 6.31. The highest BCUT2D eigenvalue weighted by atomic mass is 35.5. The number of hydrogen-bond donors (Lipinski definition) is 1. The Morgan fingerprint density at radius 3 is 2.77 bits per heavy atom. The van der Waals surface area contributed by atoms with Crippen molar-refractivity contribution in [1.29, 1.82) is 0 Å². The molecule has 0 amide bonds. The van der Waals surface area contributed by atoms with Crippen LogP contribution in [0, 0.1) is 5.92 Å². The van der Waals surface area contributed by atoms with Gasteiger partial charge in [0.15, 0.2) is 0 Å². The summed E-state index contributed by atoms with van der Waals surface area (Å²) in [5, 5.41) is 0.707. The third-order valence-corrected chi connectivity index (χ3v) is 2.46. The van der Waals surface area contributed by atoms with Crippen LogP contribution in [-0.2, 0) is 6.42 Å². The maximum Gasteiger partial charge on any atom is 0.0622 e. The lowest BCUT2D eigenvalue weighted by atomic mass is 10.0. The molecular weight excluding hydrogens is 184 g/mol. The monoisotopic (exact) mass is 198 g/mol. The second-order valence-corrected chi connectivity index (χ2v) is 3.95. The maximum atomic E-state index is 5.95. The summed E-state index contributed by atoms with van der Waals surface area (Å²) in [5.74, 6) is 0.457. The largest absolute Gasteiger partial charge is 0.327 e. The zero-order valence-corrected chi connectivity index (χ0v) is 8.75. The molecule has 0 aliphatic carbocycles. The normalized spacial score (nSPS) is 13.3. The SMILES string of the molecule is CC(C)C(N)Cc1ncccc1Cl. The Kier molecular flexibility index (Phi) is 3.70. The van der Waals surface area contributed by atoms with Crippen molar-refractivity contribution in [2.24, 2.45) is 11.7 Å². The molecule has 1 aromatic rings. The maximum absolute atomic E-state index is 5.95. The first kappa shape index (κ1) is 10.5. The van der Waals surface area contributed by atoms with Crippen LogP contribution in [0.1, 0.15) is 19.5 Å². The highest BCUT2D eigenvalue weighted by Crippen LogP contribution is 2.15. The second kappa shape index (κ2) is 4.58. The zero-order valence-electron chi connectivity index (χ0n) is 8.00. The smallest absolute Gasteiger partial charge is 0.0622 e. The van der Waals surface area contributed by atoms with Gasteiger partial charge >= 0.3 is 0 Å². The average Bonchev–Trinajstić information content (AvgIpc) is 2.08. The van der Waals surface area contributed by atoms with E-state index in [0.29, 0.717) is 10.9 Å². The van der Waals surface area contributed by atoms with Gasteiger partial charge in [-0.1, -0.05) is 25.4 Å². The Bertz CT molecular complexity index is 273. The van der Waals surface area contributed by atoms with Gasteiger partial charge in [0.25, 0.3) is 0 Å². The Hall–Kier alpha value is -0.600. The van der Waals surface area contributed by atoms with Crippen LogP contribution in [-0.4, -0.2) is 11.0 Å². The fraction of sp³-hybridized carbons (Fsp3) is 0.500. The minimum atomic E-state index is 0.132. The highest BCUT2D eigenvalue weighted by Gasteiger charge is 2.11. The van der Waals surface area contributed by atoms with E-state index < -0.39 is 0 Å². The van der Waals surface area contributed by atoms with Gasteiger partial charge in [0.05, 0.1) is 10.7 Å². The van der Waals surface area contributed by atoms with Crippen LogP contribution in [0.25, 0.3) is 0 Å². The molecule has 0 saturated carbocycles. The topological polar surface area (TPSA) is 38.9 Å². The zero-order chi connectivity index (χ0) is 9.84. The fourth-order valence-corrected chi connectivity index (χ4v) is 1.23. The predicted molar refractivity (Wildman–Crippen MR) is 55.8 cm³/mol. The average molecular weight is 199 g/mol. The molecule has 0 spiro atoms. The van der Waals surface area contributed by atoms with Crippen LogP contribution in [0.3, 0.4) is 0 Å². The summed E-state index contributed by atoms with van der Waals surface area (Å²) >= 11 is 5.95. The van der Waals surface area contributed by atoms with E-state index in [2.05, 4.69) is 18.8 Å². The van der Waals surface area contributed by atoms with Crippen LogP contribution in [0.5, 0.6) is 0 Å². The van der Waals surface area contributed by atoms with Gasteiger partial charge in [-0.3, -0.25) is 4.98 Å². The molecule has 1 heterocycles. The van der Waals surface area contributed by atoms with E-state index in [1.54, 1.807) is 6.20 Å². The van der Waals surface area contributed by atoms with Gasteiger partial charge in [-0.15, -0.1) is 0 Å². The van der Waals surface area contributed by atoms with E-state index in [1.165, 1.54) is 0 Å². The van der Waals surface area contributed by atoms with Gasteiger partial charge in [0, 0.05) is 18.7 Å². The quantitative estimate of drug-likeness (QED) is 0.810. The summed E-state index contributed by atoms with van der Waals surface area (Å²) in [6, 6.07) is 3.80. The van der Waals surface area contributed by atoms with E-state index in [-0.39, 0.29) is 6.04 Å². The Labute approximate surface area is 84.1 Å². The standard InChI is InChI=1S/C10H15ClN2/c1-7(2)9(12)6-10-8(11)4-3-5-13-10/h3-5,7,9H,6,12H2,1-2H3. The van der Waals surface area contributed by atoms with Crippen LogP contribution in [0.2, 0.25) is 5.02 Å². The van der Waals surface area contributed by atoms with Gasteiger partial charge in [-0.2, -0.15) is 0 Å². The molecule has 2 N–H and O–H groups in total. The molecule has 0 bridgehead atoms. The molecule has 72 valence electrons. The van der Waals surface area contributed by atoms with Crippen LogP contribution < -0.4 is 5.73 Å². The first-order valence-electron chi connectivity index (χ1n) is 4.46. The molecule has 0 aliphatic rings. The summed E-state index contributed by atoms with van der Waals surface area (Å²) in [7, 11) is 0. The molecule has 0 aromatic carbocycles. The lowest BCUT2D eigenvalue weighted by Gasteiger charge is -2.15. The van der Waals surface area contributed by atoms with Gasteiger partial charge in [-0.05, 0) is 18.1 Å². The third kappa shape index (κ3) is 2.98. The van der Waals surface area contributed by atoms with Crippen molar-refractivity contribution in [2.75, 3.05) is 0 Å². The number of rotatable bonds is 3. The third-order valence-electron chi connectivity index (χ3n) is 2.12. The van der Waals surface area contributed by atoms with E-state index in [4.69, 9.17) is 17.3 Å². The summed E-state index contributed by atoms with van der Waals surface area (Å²) in [5.41, 5.74) is 6.81. The molecule has 0 saturated heterocycles. The van der Waals surface area contributed by atoms with Crippen LogP contribution >= 0.6 is 11.6 Å². The van der Waals surface area contributed by atoms with Crippen LogP contribution in [0.15, 0.2) is 18.3 Å². The van der Waals surface area contributed by atoms with Gasteiger partial charge < -0.3 is 5.73 Å². The predicted octanol–water partition coefficient (Wildman–Crippen LogP) is 2.26. The molecule has 1 aromatic heterocycles. The Morgan fingerprint density at radius 2 is 2.23 bits per heavy atom. The fourth-order valence-electron chi connectivity index (χ4n) is 1.03. The lowest BCUT2D eigenvalue weighted by molar-refractivity contribution is 0.486. The molecular formula is C10H15ClN2. The van der Waals surface area contributed by atoms with Crippen molar-refractivity contribution in [2.45, 2.75) is 26.3 Å². The molecule has 0 aliphatic heterocycles. The summed E-state index contributed by atoms with van der Waals surface area (Å²) in [6.07, 6.45) is 2.49. The summed E-state index contributed by atoms with van der Waals surface area (Å²) < 4.78 is 0. The van der Waals surface area contributed by atoms with Crippen molar-refractivity contribution < 1.29 is 0 Å². The summed E-state index contributed by atoms with van der Waals surface area (Å²) in [4.78, 5) is 4.19. The van der Waals surface area contributed by atoms with E-state index >= 15 is 0 Å². The van der Waals surface area contributed by atoms with Crippen molar-refractivity contribution >= 4 is 11.6 Å². The number of hydrogen-bond acceptors (Lipinski definition) is 2.